The predicted molar refractivity (Wildman–Crippen MR) is 128 cm³/mol. The van der Waals surface area contributed by atoms with Crippen LogP contribution in [0.4, 0.5) is 0 Å². The summed E-state index contributed by atoms with van der Waals surface area (Å²) in [6.45, 7) is 16.3. The lowest BCUT2D eigenvalue weighted by Crippen LogP contribution is -2.32. The van der Waals surface area contributed by atoms with E-state index in [2.05, 4.69) is 48.5 Å². The van der Waals surface area contributed by atoms with Gasteiger partial charge in [0, 0.05) is 5.56 Å². The summed E-state index contributed by atoms with van der Waals surface area (Å²) in [7, 11) is 0. The molecule has 0 saturated heterocycles. The summed E-state index contributed by atoms with van der Waals surface area (Å²) in [5.41, 5.74) is 7.63. The van der Waals surface area contributed by atoms with Gasteiger partial charge in [0.1, 0.15) is 5.75 Å². The highest BCUT2D eigenvalue weighted by Gasteiger charge is 2.39. The fourth-order valence-electron chi connectivity index (χ4n) is 6.21. The Hall–Kier alpha value is -0.980. The molecule has 0 radical (unpaired) electrons. The van der Waals surface area contributed by atoms with Gasteiger partial charge in [0.15, 0.2) is 0 Å². The zero-order valence-electron chi connectivity index (χ0n) is 20.6. The minimum atomic E-state index is -0.0231. The average molecular weight is 401 g/mol. The van der Waals surface area contributed by atoms with Crippen molar-refractivity contribution in [2.75, 3.05) is 0 Å². The van der Waals surface area contributed by atoms with Gasteiger partial charge in [-0.3, -0.25) is 0 Å². The monoisotopic (exact) mass is 400 g/mol. The van der Waals surface area contributed by atoms with Gasteiger partial charge in [0.25, 0.3) is 0 Å². The number of hydrogen-bond donors (Lipinski definition) is 1. The lowest BCUT2D eigenvalue weighted by atomic mass is 9.62. The number of benzene rings is 1. The summed E-state index contributed by atoms with van der Waals surface area (Å²) >= 11 is 0. The molecule has 0 saturated carbocycles. The van der Waals surface area contributed by atoms with Crippen molar-refractivity contribution in [3.05, 3.63) is 27.8 Å². The Balaban J connectivity index is 2.94. The molecule has 0 unspecified atom stereocenters. The van der Waals surface area contributed by atoms with Crippen LogP contribution >= 0.6 is 0 Å². The summed E-state index contributed by atoms with van der Waals surface area (Å²) < 4.78 is 0. The smallest absolute Gasteiger partial charge is 0.123 e. The quantitative estimate of drug-likeness (QED) is 0.417. The number of unbranched alkanes of at least 4 members (excludes halogenated alkanes) is 1. The molecule has 0 fully saturated rings. The Morgan fingerprint density at radius 1 is 0.724 bits per heavy atom. The second kappa shape index (κ2) is 10.4. The van der Waals surface area contributed by atoms with Gasteiger partial charge in [0.2, 0.25) is 0 Å². The first-order chi connectivity index (χ1) is 13.8. The molecule has 0 spiro atoms. The molecule has 0 aliphatic heterocycles. The van der Waals surface area contributed by atoms with Gasteiger partial charge in [-0.1, -0.05) is 80.6 Å². The van der Waals surface area contributed by atoms with Crippen LogP contribution in [0.2, 0.25) is 0 Å². The minimum absolute atomic E-state index is 0.0231. The molecular weight excluding hydrogens is 352 g/mol. The maximum Gasteiger partial charge on any atom is 0.123 e. The normalized spacial score (nSPS) is 14.9. The first-order valence-electron chi connectivity index (χ1n) is 12.7. The lowest BCUT2D eigenvalue weighted by Gasteiger charge is -2.42. The fraction of sp³-hybridized carbons (Fsp3) is 0.786. The third-order valence-electron chi connectivity index (χ3n) is 7.14. The molecule has 29 heavy (non-hydrogen) atoms. The van der Waals surface area contributed by atoms with E-state index in [0.29, 0.717) is 11.2 Å². The van der Waals surface area contributed by atoms with Gasteiger partial charge in [-0.2, -0.15) is 0 Å². The largest absolute Gasteiger partial charge is 0.507 e. The summed E-state index contributed by atoms with van der Waals surface area (Å²) in [5, 5.41) is 11.5. The van der Waals surface area contributed by atoms with Crippen LogP contribution in [0.5, 0.6) is 5.75 Å². The van der Waals surface area contributed by atoms with Gasteiger partial charge in [-0.05, 0) is 84.5 Å². The van der Waals surface area contributed by atoms with Crippen molar-refractivity contribution in [3.8, 4) is 5.75 Å². The van der Waals surface area contributed by atoms with Crippen LogP contribution in [0.1, 0.15) is 140 Å². The van der Waals surface area contributed by atoms with Crippen LogP contribution in [-0.4, -0.2) is 5.11 Å². The molecule has 0 atom stereocenters. The number of hydrogen-bond acceptors (Lipinski definition) is 1. The molecule has 0 amide bonds. The molecule has 0 heterocycles. The first-order valence-corrected chi connectivity index (χ1v) is 12.7. The second-order valence-corrected chi connectivity index (χ2v) is 10.6. The van der Waals surface area contributed by atoms with E-state index >= 15 is 0 Å². The van der Waals surface area contributed by atoms with E-state index < -0.39 is 0 Å². The van der Waals surface area contributed by atoms with Crippen LogP contribution in [0.3, 0.4) is 0 Å². The van der Waals surface area contributed by atoms with Crippen molar-refractivity contribution in [2.45, 2.75) is 143 Å². The van der Waals surface area contributed by atoms with Crippen molar-refractivity contribution < 1.29 is 5.11 Å². The first kappa shape index (κ1) is 24.3. The second-order valence-electron chi connectivity index (χ2n) is 10.6. The molecule has 1 N–H and O–H groups in total. The van der Waals surface area contributed by atoms with Crippen LogP contribution in [0.25, 0.3) is 0 Å². The molecule has 1 aromatic rings. The maximum absolute atomic E-state index is 11.5. The van der Waals surface area contributed by atoms with Crippen molar-refractivity contribution in [3.63, 3.8) is 0 Å². The summed E-state index contributed by atoms with van der Waals surface area (Å²) in [5.74, 6) is 0.650. The summed E-state index contributed by atoms with van der Waals surface area (Å²) in [6, 6.07) is 0. The molecule has 0 bridgehead atoms. The van der Waals surface area contributed by atoms with E-state index in [-0.39, 0.29) is 5.41 Å². The molecule has 2 rings (SSSR count). The standard InChI is InChI=1S/C28H48O/c1-8-12-20-28(18-10-3,19-11-4)24-21-16-13-14-17-22(21)26(29)25(27(5,6)7)23(24)15-9-2/h29H,8-20H2,1-7H3. The molecule has 1 heteroatoms. The molecule has 0 aromatic heterocycles. The highest BCUT2D eigenvalue weighted by molar-refractivity contribution is 5.60. The number of aromatic hydroxyl groups is 1. The van der Waals surface area contributed by atoms with Crippen LogP contribution in [0, 0.1) is 0 Å². The molecule has 1 aromatic carbocycles. The van der Waals surface area contributed by atoms with E-state index in [1.165, 1.54) is 80.9 Å². The Morgan fingerprint density at radius 3 is 1.79 bits per heavy atom. The van der Waals surface area contributed by atoms with E-state index in [1.54, 1.807) is 11.1 Å². The highest BCUT2D eigenvalue weighted by Crippen LogP contribution is 2.51. The molecule has 1 nitrogen and oxygen atoms in total. The van der Waals surface area contributed by atoms with Crippen LogP contribution < -0.4 is 0 Å². The Morgan fingerprint density at radius 2 is 1.31 bits per heavy atom. The zero-order chi connectivity index (χ0) is 21.7. The van der Waals surface area contributed by atoms with Crippen molar-refractivity contribution in [1.29, 1.82) is 0 Å². The van der Waals surface area contributed by atoms with E-state index in [0.717, 1.165) is 19.3 Å². The van der Waals surface area contributed by atoms with Crippen molar-refractivity contribution in [2.24, 2.45) is 0 Å². The average Bonchev–Trinajstić information content (AvgIpc) is 2.66. The number of phenolic OH excluding ortho intramolecular Hbond substituents is 1. The number of fused-ring (bicyclic) bond motifs is 1. The van der Waals surface area contributed by atoms with E-state index in [1.807, 2.05) is 0 Å². The summed E-state index contributed by atoms with van der Waals surface area (Å²) in [4.78, 5) is 0. The van der Waals surface area contributed by atoms with Gasteiger partial charge in [0.05, 0.1) is 0 Å². The fourth-order valence-corrected chi connectivity index (χ4v) is 6.21. The van der Waals surface area contributed by atoms with Gasteiger partial charge in [-0.25, -0.2) is 0 Å². The maximum atomic E-state index is 11.5. The Labute approximate surface area is 181 Å². The molecule has 1 aliphatic carbocycles. The number of phenols is 1. The van der Waals surface area contributed by atoms with Gasteiger partial charge < -0.3 is 5.11 Å². The summed E-state index contributed by atoms with van der Waals surface area (Å²) in [6.07, 6.45) is 15.9. The van der Waals surface area contributed by atoms with Crippen molar-refractivity contribution in [1.82, 2.24) is 0 Å². The molecule has 1 aliphatic rings. The SMILES string of the molecule is CCCCC(CCC)(CCC)c1c2c(c(O)c(C(C)(C)C)c1CCC)CCCC2. The topological polar surface area (TPSA) is 20.2 Å². The minimum Gasteiger partial charge on any atom is -0.507 e. The predicted octanol–water partition coefficient (Wildman–Crippen LogP) is 8.55. The third-order valence-corrected chi connectivity index (χ3v) is 7.14. The highest BCUT2D eigenvalue weighted by atomic mass is 16.3. The third kappa shape index (κ3) is 5.02. The molecule has 166 valence electrons. The molecular formula is C28H48O. The Kier molecular flexibility index (Phi) is 8.68. The van der Waals surface area contributed by atoms with Gasteiger partial charge >= 0.3 is 0 Å². The van der Waals surface area contributed by atoms with E-state index in [4.69, 9.17) is 0 Å². The van der Waals surface area contributed by atoms with Gasteiger partial charge in [-0.15, -0.1) is 0 Å². The number of rotatable bonds is 10. The zero-order valence-corrected chi connectivity index (χ0v) is 20.6. The van der Waals surface area contributed by atoms with Crippen LogP contribution in [-0.2, 0) is 30.1 Å². The Bertz CT molecular complexity index is 656. The van der Waals surface area contributed by atoms with Crippen molar-refractivity contribution >= 4 is 0 Å². The van der Waals surface area contributed by atoms with Crippen LogP contribution in [0.15, 0.2) is 0 Å². The van der Waals surface area contributed by atoms with E-state index in [9.17, 15) is 5.11 Å². The lowest BCUT2D eigenvalue weighted by molar-refractivity contribution is 0.312.